The lowest BCUT2D eigenvalue weighted by atomic mass is 9.35. The fraction of sp³-hybridized carbons (Fsp3) is 0.322. The smallest absolute Gasteiger partial charge is 0.297 e. The minimum atomic E-state index is -0.229. The van der Waals surface area contributed by atoms with Gasteiger partial charge in [0.05, 0.1) is 11.3 Å². The molecule has 0 spiro atoms. The summed E-state index contributed by atoms with van der Waals surface area (Å²) >= 11 is 0. The van der Waals surface area contributed by atoms with Crippen molar-refractivity contribution in [3.8, 4) is 0 Å². The molecule has 0 bridgehead atoms. The number of nitrogens with zero attached hydrogens (tertiary/aromatic N) is 2. The Morgan fingerprint density at radius 3 is 1.56 bits per heavy atom. The van der Waals surface area contributed by atoms with Crippen molar-refractivity contribution in [2.45, 2.75) is 123 Å². The predicted octanol–water partition coefficient (Wildman–Crippen LogP) is 14.0. The molecule has 0 unspecified atom stereocenters. The van der Waals surface area contributed by atoms with E-state index in [0.717, 1.165) is 29.9 Å². The summed E-state index contributed by atoms with van der Waals surface area (Å²) in [5, 5.41) is 0. The predicted molar refractivity (Wildman–Crippen MR) is 269 cm³/mol. The molecular weight excluding hydrogens is 763 g/mol. The van der Waals surface area contributed by atoms with Crippen LogP contribution in [0.15, 0.2) is 144 Å². The van der Waals surface area contributed by atoms with Gasteiger partial charge in [0.1, 0.15) is 5.76 Å². The van der Waals surface area contributed by atoms with Crippen LogP contribution in [0.3, 0.4) is 0 Å². The molecule has 0 fully saturated rings. The van der Waals surface area contributed by atoms with Gasteiger partial charge in [-0.25, -0.2) is 0 Å². The SMILES string of the molecule is Cc1cc2c3c(c1)N(c1ccc(C(C)(C)C)cc1)c1c(oc4c1C(C)(C)CCC4(C)C)B3c1cc(C(C)(C)c3ccccc3)ccc1N2c1ccc(C(C)(C)c2ccccc2)cc1. The highest BCUT2D eigenvalue weighted by Crippen LogP contribution is 2.55. The summed E-state index contributed by atoms with van der Waals surface area (Å²) in [6, 6.07) is 52.8. The first-order chi connectivity index (χ1) is 29.8. The highest BCUT2D eigenvalue weighted by molar-refractivity contribution is 6.99. The topological polar surface area (TPSA) is 19.6 Å². The third-order valence-corrected chi connectivity index (χ3v) is 15.2. The molecule has 0 saturated heterocycles. The Kier molecular flexibility index (Phi) is 9.26. The van der Waals surface area contributed by atoms with Crippen LogP contribution in [-0.2, 0) is 27.1 Å². The Labute approximate surface area is 377 Å². The standard InChI is InChI=1S/C59H63BN2O/c1-38-35-48-51-49(36-38)62(45-28-23-39(24-29-45)55(2,3)4)52-50-53(57(7,8)34-33-56(50,5)6)63-54(52)60(51)46-37-43(59(11,12)41-21-17-14-18-22-41)27-32-47(46)61(48)44-30-25-42(26-31-44)58(9,10)40-19-15-13-16-20-40/h13-32,35-37H,33-34H2,1-12H3. The maximum Gasteiger partial charge on any atom is 0.297 e. The molecule has 1 aromatic heterocycles. The van der Waals surface area contributed by atoms with Crippen LogP contribution in [0.5, 0.6) is 0 Å². The molecule has 1 aliphatic carbocycles. The van der Waals surface area contributed by atoms with Crippen LogP contribution in [-0.4, -0.2) is 6.71 Å². The second-order valence-corrected chi connectivity index (χ2v) is 22.2. The monoisotopic (exact) mass is 827 g/mol. The maximum absolute atomic E-state index is 7.63. The van der Waals surface area contributed by atoms with E-state index in [2.05, 4.69) is 232 Å². The Balaban J connectivity index is 1.26. The van der Waals surface area contributed by atoms with E-state index in [1.54, 1.807) is 0 Å². The average Bonchev–Trinajstić information content (AvgIpc) is 3.68. The fourth-order valence-corrected chi connectivity index (χ4v) is 11.0. The number of anilines is 6. The zero-order valence-electron chi connectivity index (χ0n) is 39.6. The summed E-state index contributed by atoms with van der Waals surface area (Å²) in [5.41, 5.74) is 19.5. The van der Waals surface area contributed by atoms with E-state index in [-0.39, 0.29) is 33.8 Å². The molecule has 0 N–H and O–H groups in total. The Morgan fingerprint density at radius 2 is 0.984 bits per heavy atom. The molecule has 7 aromatic rings. The van der Waals surface area contributed by atoms with Gasteiger partial charge in [0.15, 0.2) is 0 Å². The fourth-order valence-electron chi connectivity index (χ4n) is 11.0. The summed E-state index contributed by atoms with van der Waals surface area (Å²) in [5.74, 6) is 1.15. The molecule has 318 valence electrons. The van der Waals surface area contributed by atoms with Gasteiger partial charge >= 0.3 is 0 Å². The van der Waals surface area contributed by atoms with Gasteiger partial charge in [0.25, 0.3) is 6.71 Å². The lowest BCUT2D eigenvalue weighted by Gasteiger charge is -2.44. The number of furan rings is 1. The van der Waals surface area contributed by atoms with Crippen LogP contribution in [0.2, 0.25) is 0 Å². The highest BCUT2D eigenvalue weighted by atomic mass is 16.3. The third kappa shape index (κ3) is 6.45. The van der Waals surface area contributed by atoms with Crippen molar-refractivity contribution in [2.24, 2.45) is 0 Å². The van der Waals surface area contributed by atoms with Crippen LogP contribution in [0, 0.1) is 6.92 Å². The maximum atomic E-state index is 7.63. The van der Waals surface area contributed by atoms with Crippen molar-refractivity contribution in [2.75, 3.05) is 9.80 Å². The van der Waals surface area contributed by atoms with Gasteiger partial charge in [0, 0.05) is 50.2 Å². The van der Waals surface area contributed by atoms with E-state index in [4.69, 9.17) is 4.42 Å². The zero-order valence-corrected chi connectivity index (χ0v) is 39.6. The molecule has 3 nitrogen and oxygen atoms in total. The van der Waals surface area contributed by atoms with Gasteiger partial charge in [-0.15, -0.1) is 0 Å². The van der Waals surface area contributed by atoms with E-state index >= 15 is 0 Å². The second kappa shape index (κ2) is 14.1. The Morgan fingerprint density at radius 1 is 0.508 bits per heavy atom. The largest absolute Gasteiger partial charge is 0.472 e. The molecule has 0 amide bonds. The summed E-state index contributed by atoms with van der Waals surface area (Å²) in [6.07, 6.45) is 2.18. The molecule has 2 aliphatic heterocycles. The van der Waals surface area contributed by atoms with E-state index in [0.29, 0.717) is 0 Å². The van der Waals surface area contributed by atoms with Crippen molar-refractivity contribution in [1.82, 2.24) is 0 Å². The molecule has 63 heavy (non-hydrogen) atoms. The minimum Gasteiger partial charge on any atom is -0.472 e. The summed E-state index contributed by atoms with van der Waals surface area (Å²) < 4.78 is 7.63. The van der Waals surface area contributed by atoms with Crippen LogP contribution >= 0.6 is 0 Å². The first-order valence-electron chi connectivity index (χ1n) is 23.2. The average molecular weight is 827 g/mol. The van der Waals surface area contributed by atoms with E-state index in [1.165, 1.54) is 78.3 Å². The Hall–Kier alpha value is -5.74. The highest BCUT2D eigenvalue weighted by Gasteiger charge is 2.52. The van der Waals surface area contributed by atoms with E-state index < -0.39 is 0 Å². The van der Waals surface area contributed by atoms with Gasteiger partial charge in [-0.2, -0.15) is 0 Å². The first-order valence-corrected chi connectivity index (χ1v) is 23.2. The van der Waals surface area contributed by atoms with Gasteiger partial charge < -0.3 is 14.2 Å². The molecule has 3 aliphatic rings. The van der Waals surface area contributed by atoms with E-state index in [1.807, 2.05) is 0 Å². The zero-order chi connectivity index (χ0) is 44.4. The van der Waals surface area contributed by atoms with Gasteiger partial charge in [-0.05, 0) is 117 Å². The van der Waals surface area contributed by atoms with Crippen molar-refractivity contribution >= 4 is 57.4 Å². The molecule has 10 rings (SSSR count). The molecular formula is C59H63BN2O. The summed E-state index contributed by atoms with van der Waals surface area (Å²) in [7, 11) is 0. The van der Waals surface area contributed by atoms with Crippen molar-refractivity contribution in [1.29, 1.82) is 0 Å². The molecule has 4 heteroatoms. The van der Waals surface area contributed by atoms with Crippen LogP contribution < -0.4 is 26.4 Å². The minimum absolute atomic E-state index is 0.0430. The number of hydrogen-bond acceptors (Lipinski definition) is 3. The quantitative estimate of drug-likeness (QED) is 0.156. The van der Waals surface area contributed by atoms with Gasteiger partial charge in [-0.1, -0.05) is 173 Å². The lowest BCUT2D eigenvalue weighted by Crippen LogP contribution is -2.61. The molecule has 6 aromatic carbocycles. The number of fused-ring (bicyclic) bond motifs is 6. The van der Waals surface area contributed by atoms with Crippen LogP contribution in [0.4, 0.5) is 34.1 Å². The van der Waals surface area contributed by atoms with E-state index in [9.17, 15) is 0 Å². The van der Waals surface area contributed by atoms with Crippen molar-refractivity contribution in [3.63, 3.8) is 0 Å². The third-order valence-electron chi connectivity index (χ3n) is 15.2. The molecule has 0 radical (unpaired) electrons. The lowest BCUT2D eigenvalue weighted by molar-refractivity contribution is 0.282. The number of benzene rings is 6. The van der Waals surface area contributed by atoms with Crippen molar-refractivity contribution < 1.29 is 4.42 Å². The first kappa shape index (κ1) is 41.3. The van der Waals surface area contributed by atoms with Crippen molar-refractivity contribution in [3.05, 3.63) is 184 Å². The summed E-state index contributed by atoms with van der Waals surface area (Å²) in [6.45, 7) is 28.1. The number of rotatable bonds is 6. The molecule has 0 atom stereocenters. The van der Waals surface area contributed by atoms with Gasteiger partial charge in [-0.3, -0.25) is 0 Å². The molecule has 3 heterocycles. The van der Waals surface area contributed by atoms with Crippen LogP contribution in [0.25, 0.3) is 0 Å². The normalized spacial score (nSPS) is 16.3. The Bertz CT molecular complexity index is 2870. The van der Waals surface area contributed by atoms with Gasteiger partial charge in [0.2, 0.25) is 0 Å². The number of aryl methyl sites for hydroxylation is 1. The second-order valence-electron chi connectivity index (χ2n) is 22.2. The summed E-state index contributed by atoms with van der Waals surface area (Å²) in [4.78, 5) is 5.13. The number of hydrogen-bond donors (Lipinski definition) is 0. The van der Waals surface area contributed by atoms with Crippen LogP contribution in [0.1, 0.15) is 134 Å². The molecule has 0 saturated carbocycles.